The molecule has 0 N–H and O–H groups in total. The van der Waals surface area contributed by atoms with Crippen LogP contribution in [0.5, 0.6) is 0 Å². The second-order valence-corrected chi connectivity index (χ2v) is 6.47. The van der Waals surface area contributed by atoms with E-state index in [-0.39, 0.29) is 0 Å². The number of nitrogens with zero attached hydrogens (tertiary/aromatic N) is 1. The summed E-state index contributed by atoms with van der Waals surface area (Å²) in [7, 11) is 0. The van der Waals surface area contributed by atoms with Gasteiger partial charge in [0.05, 0.1) is 5.01 Å². The third-order valence-corrected chi connectivity index (χ3v) is 4.63. The Morgan fingerprint density at radius 2 is 1.95 bits per heavy atom. The number of hydrogen-bond acceptors (Lipinski definition) is 3. The highest BCUT2D eigenvalue weighted by Crippen LogP contribution is 2.27. The molecule has 3 heteroatoms. The van der Waals surface area contributed by atoms with Crippen molar-refractivity contribution in [1.29, 1.82) is 0 Å². The van der Waals surface area contributed by atoms with Gasteiger partial charge in [-0.1, -0.05) is 24.3 Å². The largest absolute Gasteiger partial charge is 0.381 e. The molecular formula is C16H19NOS. The Bertz CT molecular complexity index is 526. The van der Waals surface area contributed by atoms with Gasteiger partial charge in [0.2, 0.25) is 0 Å². The van der Waals surface area contributed by atoms with Crippen molar-refractivity contribution < 1.29 is 4.74 Å². The van der Waals surface area contributed by atoms with Crippen molar-refractivity contribution in [3.63, 3.8) is 0 Å². The van der Waals surface area contributed by atoms with Crippen LogP contribution in [0.25, 0.3) is 0 Å². The van der Waals surface area contributed by atoms with Crippen LogP contribution in [0.4, 0.5) is 0 Å². The second-order valence-electron chi connectivity index (χ2n) is 5.15. The Kier molecular flexibility index (Phi) is 3.95. The molecule has 0 saturated carbocycles. The normalized spacial score (nSPS) is 16.7. The number of thiazole rings is 1. The van der Waals surface area contributed by atoms with Gasteiger partial charge in [-0.25, -0.2) is 4.98 Å². The van der Waals surface area contributed by atoms with Gasteiger partial charge in [0.1, 0.15) is 0 Å². The van der Waals surface area contributed by atoms with Gasteiger partial charge in [0, 0.05) is 30.7 Å². The lowest BCUT2D eigenvalue weighted by Gasteiger charge is -2.22. The summed E-state index contributed by atoms with van der Waals surface area (Å²) in [5.74, 6) is 0.688. The van der Waals surface area contributed by atoms with Crippen LogP contribution < -0.4 is 0 Å². The molecule has 0 bridgehead atoms. The van der Waals surface area contributed by atoms with Crippen LogP contribution >= 0.6 is 11.3 Å². The monoisotopic (exact) mass is 273 g/mol. The van der Waals surface area contributed by atoms with Crippen LogP contribution in [0.2, 0.25) is 0 Å². The van der Waals surface area contributed by atoms with Gasteiger partial charge in [0.15, 0.2) is 0 Å². The molecule has 0 unspecified atom stereocenters. The zero-order valence-corrected chi connectivity index (χ0v) is 12.1. The first-order valence-corrected chi connectivity index (χ1v) is 7.71. The fourth-order valence-electron chi connectivity index (χ4n) is 2.63. The lowest BCUT2D eigenvalue weighted by Crippen LogP contribution is -2.13. The predicted molar refractivity (Wildman–Crippen MR) is 78.9 cm³/mol. The predicted octanol–water partition coefficient (Wildman–Crippen LogP) is 3.94. The number of hydrogen-bond donors (Lipinski definition) is 0. The Hall–Kier alpha value is -1.19. The zero-order chi connectivity index (χ0) is 13.1. The zero-order valence-electron chi connectivity index (χ0n) is 11.3. The van der Waals surface area contributed by atoms with Crippen LogP contribution in [0.1, 0.15) is 39.8 Å². The highest BCUT2D eigenvalue weighted by atomic mass is 32.1. The maximum absolute atomic E-state index is 5.42. The van der Waals surface area contributed by atoms with Crippen LogP contribution in [-0.2, 0) is 11.2 Å². The van der Waals surface area contributed by atoms with E-state index in [2.05, 4.69) is 36.2 Å². The van der Waals surface area contributed by atoms with Crippen molar-refractivity contribution in [2.75, 3.05) is 13.2 Å². The van der Waals surface area contributed by atoms with E-state index in [9.17, 15) is 0 Å². The van der Waals surface area contributed by atoms with Crippen molar-refractivity contribution in [2.45, 2.75) is 32.1 Å². The summed E-state index contributed by atoms with van der Waals surface area (Å²) < 4.78 is 5.42. The number of benzene rings is 1. The number of rotatable bonds is 3. The van der Waals surface area contributed by atoms with Gasteiger partial charge in [-0.2, -0.15) is 0 Å². The minimum atomic E-state index is 0.688. The molecule has 2 heterocycles. The number of aryl methyl sites for hydroxylation is 1. The molecule has 1 saturated heterocycles. The van der Waals surface area contributed by atoms with Gasteiger partial charge in [-0.15, -0.1) is 11.3 Å². The Morgan fingerprint density at radius 1 is 1.21 bits per heavy atom. The lowest BCUT2D eigenvalue weighted by molar-refractivity contribution is 0.0853. The minimum absolute atomic E-state index is 0.688. The molecule has 3 rings (SSSR count). The highest BCUT2D eigenvalue weighted by molar-refractivity contribution is 7.11. The number of ether oxygens (including phenoxy) is 1. The topological polar surface area (TPSA) is 22.1 Å². The second kappa shape index (κ2) is 5.85. The van der Waals surface area contributed by atoms with Crippen molar-refractivity contribution >= 4 is 11.3 Å². The third-order valence-electron chi connectivity index (χ3n) is 3.72. The average molecular weight is 273 g/mol. The van der Waals surface area contributed by atoms with Crippen molar-refractivity contribution in [1.82, 2.24) is 4.98 Å². The maximum atomic E-state index is 5.42. The SMILES string of the molecule is Cc1ncc(Cc2ccc(C3CCOCC3)cc2)s1. The van der Waals surface area contributed by atoms with Gasteiger partial charge in [-0.05, 0) is 36.8 Å². The number of aromatic nitrogens is 1. The highest BCUT2D eigenvalue weighted by Gasteiger charge is 2.15. The Morgan fingerprint density at radius 3 is 2.58 bits per heavy atom. The summed E-state index contributed by atoms with van der Waals surface area (Å²) in [5, 5.41) is 1.15. The quantitative estimate of drug-likeness (QED) is 0.845. The summed E-state index contributed by atoms with van der Waals surface area (Å²) in [6, 6.07) is 9.11. The van der Waals surface area contributed by atoms with E-state index >= 15 is 0 Å². The molecule has 1 fully saturated rings. The molecule has 1 aromatic carbocycles. The van der Waals surface area contributed by atoms with Gasteiger partial charge in [0.25, 0.3) is 0 Å². The summed E-state index contributed by atoms with van der Waals surface area (Å²) in [5.41, 5.74) is 2.84. The van der Waals surface area contributed by atoms with Crippen molar-refractivity contribution in [3.8, 4) is 0 Å². The first kappa shape index (κ1) is 12.8. The maximum Gasteiger partial charge on any atom is 0.0896 e. The molecule has 1 aliphatic heterocycles. The molecule has 0 atom stereocenters. The summed E-state index contributed by atoms with van der Waals surface area (Å²) >= 11 is 1.79. The summed E-state index contributed by atoms with van der Waals surface area (Å²) in [4.78, 5) is 5.65. The molecule has 0 aliphatic carbocycles. The standard InChI is InChI=1S/C16H19NOS/c1-12-17-11-16(19-12)10-13-2-4-14(5-3-13)15-6-8-18-9-7-15/h2-5,11,15H,6-10H2,1H3. The van der Waals surface area contributed by atoms with E-state index in [4.69, 9.17) is 4.74 Å². The molecule has 2 aromatic rings. The third kappa shape index (κ3) is 3.23. The molecule has 0 radical (unpaired) electrons. The minimum Gasteiger partial charge on any atom is -0.381 e. The molecule has 0 amide bonds. The van der Waals surface area contributed by atoms with Gasteiger partial charge in [-0.3, -0.25) is 0 Å². The van der Waals surface area contributed by atoms with Crippen LogP contribution in [0, 0.1) is 6.92 Å². The van der Waals surface area contributed by atoms with E-state index in [1.807, 2.05) is 6.20 Å². The van der Waals surface area contributed by atoms with Crippen LogP contribution in [-0.4, -0.2) is 18.2 Å². The summed E-state index contributed by atoms with van der Waals surface area (Å²) in [6.07, 6.45) is 5.31. The van der Waals surface area contributed by atoms with E-state index in [0.717, 1.165) is 37.5 Å². The molecule has 1 aromatic heterocycles. The average Bonchev–Trinajstić information content (AvgIpc) is 2.86. The Balaban J connectivity index is 1.68. The molecular weight excluding hydrogens is 254 g/mol. The van der Waals surface area contributed by atoms with E-state index in [0.29, 0.717) is 5.92 Å². The molecule has 19 heavy (non-hydrogen) atoms. The van der Waals surface area contributed by atoms with Crippen molar-refractivity contribution in [3.05, 3.63) is 51.5 Å². The van der Waals surface area contributed by atoms with Crippen LogP contribution in [0.3, 0.4) is 0 Å². The molecule has 2 nitrogen and oxygen atoms in total. The smallest absolute Gasteiger partial charge is 0.0896 e. The fourth-order valence-corrected chi connectivity index (χ4v) is 3.46. The fraction of sp³-hybridized carbons (Fsp3) is 0.438. The summed E-state index contributed by atoms with van der Waals surface area (Å²) in [6.45, 7) is 3.88. The van der Waals surface area contributed by atoms with Gasteiger partial charge < -0.3 is 4.74 Å². The van der Waals surface area contributed by atoms with E-state index < -0.39 is 0 Å². The van der Waals surface area contributed by atoms with E-state index in [1.54, 1.807) is 11.3 Å². The molecule has 100 valence electrons. The van der Waals surface area contributed by atoms with Crippen LogP contribution in [0.15, 0.2) is 30.5 Å². The lowest BCUT2D eigenvalue weighted by atomic mass is 9.91. The van der Waals surface area contributed by atoms with Crippen molar-refractivity contribution in [2.24, 2.45) is 0 Å². The van der Waals surface area contributed by atoms with Gasteiger partial charge >= 0.3 is 0 Å². The first-order valence-electron chi connectivity index (χ1n) is 6.89. The Labute approximate surface area is 118 Å². The van der Waals surface area contributed by atoms with E-state index in [1.165, 1.54) is 16.0 Å². The first-order chi connectivity index (χ1) is 9.31. The molecule has 0 spiro atoms. The molecule has 1 aliphatic rings.